The van der Waals surface area contributed by atoms with Gasteiger partial charge in [-0.2, -0.15) is 0 Å². The number of amides is 1. The first kappa shape index (κ1) is 22.6. The van der Waals surface area contributed by atoms with Gasteiger partial charge in [-0.1, -0.05) is 31.5 Å². The maximum Gasteiger partial charge on any atom is 0.251 e. The van der Waals surface area contributed by atoms with Gasteiger partial charge in [-0.25, -0.2) is 9.97 Å². The molecule has 7 nitrogen and oxygen atoms in total. The molecule has 2 aromatic carbocycles. The molecule has 0 atom stereocenters. The second-order valence-corrected chi connectivity index (χ2v) is 10.1. The van der Waals surface area contributed by atoms with E-state index in [-0.39, 0.29) is 11.3 Å². The van der Waals surface area contributed by atoms with Crippen LogP contribution in [0.15, 0.2) is 48.7 Å². The van der Waals surface area contributed by atoms with Crippen molar-refractivity contribution >= 4 is 34.8 Å². The monoisotopic (exact) mass is 476 g/mol. The van der Waals surface area contributed by atoms with Gasteiger partial charge in [-0.3, -0.25) is 4.79 Å². The van der Waals surface area contributed by atoms with Crippen molar-refractivity contribution in [3.63, 3.8) is 0 Å². The number of fused-ring (bicyclic) bond motifs is 1. The Hall–Kier alpha value is -3.16. The molecular weight excluding hydrogens is 448 g/mol. The standard InChI is InChI=1S/C26H29ClN6O/c1-26(2)16-29-24(34)20-9-4-17(14-21(20)26)23-22(27)15-28-25(31-23)30-18-5-7-19(8-6-18)33-12-10-32(3)11-13-33/h4-9,14-15H,10-13,16H2,1-3H3,(H,29,34)(H,28,30,31). The Kier molecular flexibility index (Phi) is 5.91. The number of aromatic nitrogens is 2. The summed E-state index contributed by atoms with van der Waals surface area (Å²) >= 11 is 6.49. The van der Waals surface area contributed by atoms with E-state index in [1.54, 1.807) is 6.20 Å². The fourth-order valence-corrected chi connectivity index (χ4v) is 4.72. The van der Waals surface area contributed by atoms with E-state index in [9.17, 15) is 4.79 Å². The van der Waals surface area contributed by atoms with Crippen molar-refractivity contribution in [1.82, 2.24) is 20.2 Å². The predicted molar refractivity (Wildman–Crippen MR) is 137 cm³/mol. The van der Waals surface area contributed by atoms with Crippen molar-refractivity contribution in [2.75, 3.05) is 50.0 Å². The van der Waals surface area contributed by atoms with Crippen molar-refractivity contribution < 1.29 is 4.79 Å². The van der Waals surface area contributed by atoms with Crippen molar-refractivity contribution in [2.45, 2.75) is 19.3 Å². The summed E-state index contributed by atoms with van der Waals surface area (Å²) in [4.78, 5) is 26.1. The molecule has 2 aliphatic rings. The lowest BCUT2D eigenvalue weighted by Crippen LogP contribution is -2.44. The minimum absolute atomic E-state index is 0.0444. The number of carbonyl (C=O) groups excluding carboxylic acids is 1. The van der Waals surface area contributed by atoms with Gasteiger partial charge in [0.15, 0.2) is 0 Å². The Labute approximate surface area is 205 Å². The third-order valence-corrected chi connectivity index (χ3v) is 6.97. The van der Waals surface area contributed by atoms with Gasteiger partial charge in [0.2, 0.25) is 5.95 Å². The Balaban J connectivity index is 1.38. The molecule has 2 aliphatic heterocycles. The van der Waals surface area contributed by atoms with E-state index in [0.717, 1.165) is 43.0 Å². The van der Waals surface area contributed by atoms with Gasteiger partial charge in [0.25, 0.3) is 5.91 Å². The molecule has 0 aliphatic carbocycles. The van der Waals surface area contributed by atoms with Crippen LogP contribution in [0.3, 0.4) is 0 Å². The number of likely N-dealkylation sites (N-methyl/N-ethyl adjacent to an activating group) is 1. The summed E-state index contributed by atoms with van der Waals surface area (Å²) in [5.41, 5.74) is 5.15. The highest BCUT2D eigenvalue weighted by Gasteiger charge is 2.32. The van der Waals surface area contributed by atoms with Crippen LogP contribution < -0.4 is 15.5 Å². The Morgan fingerprint density at radius 3 is 2.53 bits per heavy atom. The molecule has 1 aromatic heterocycles. The average Bonchev–Trinajstić information content (AvgIpc) is 2.84. The topological polar surface area (TPSA) is 73.4 Å². The minimum Gasteiger partial charge on any atom is -0.369 e. The normalized spacial score (nSPS) is 17.8. The molecule has 0 saturated carbocycles. The quantitative estimate of drug-likeness (QED) is 0.584. The van der Waals surface area contributed by atoms with Crippen LogP contribution in [0.2, 0.25) is 5.02 Å². The second kappa shape index (κ2) is 8.89. The number of anilines is 3. The van der Waals surface area contributed by atoms with Crippen LogP contribution in [0.4, 0.5) is 17.3 Å². The molecule has 5 rings (SSSR count). The first-order valence-corrected chi connectivity index (χ1v) is 11.9. The molecule has 3 heterocycles. The molecule has 1 fully saturated rings. The van der Waals surface area contributed by atoms with Crippen LogP contribution in [-0.4, -0.2) is 60.5 Å². The van der Waals surface area contributed by atoms with Gasteiger partial charge in [0, 0.05) is 60.6 Å². The van der Waals surface area contributed by atoms with Crippen molar-refractivity contribution in [3.8, 4) is 11.3 Å². The number of piperazine rings is 1. The Bertz CT molecular complexity index is 1220. The molecule has 0 spiro atoms. The van der Waals surface area contributed by atoms with Crippen LogP contribution >= 0.6 is 11.6 Å². The fourth-order valence-electron chi connectivity index (χ4n) is 4.52. The Morgan fingerprint density at radius 2 is 1.79 bits per heavy atom. The van der Waals surface area contributed by atoms with Crippen LogP contribution in [0.1, 0.15) is 29.8 Å². The number of benzene rings is 2. The first-order chi connectivity index (χ1) is 16.3. The third-order valence-electron chi connectivity index (χ3n) is 6.69. The average molecular weight is 477 g/mol. The summed E-state index contributed by atoms with van der Waals surface area (Å²) in [7, 11) is 2.16. The van der Waals surface area contributed by atoms with Gasteiger partial charge >= 0.3 is 0 Å². The van der Waals surface area contributed by atoms with E-state index in [1.807, 2.05) is 30.3 Å². The molecule has 2 N–H and O–H groups in total. The number of hydrogen-bond donors (Lipinski definition) is 2. The summed E-state index contributed by atoms with van der Waals surface area (Å²) in [5.74, 6) is 0.429. The highest BCUT2D eigenvalue weighted by Crippen LogP contribution is 2.35. The molecule has 0 radical (unpaired) electrons. The summed E-state index contributed by atoms with van der Waals surface area (Å²) in [5, 5.41) is 6.72. The number of carbonyl (C=O) groups is 1. The zero-order chi connectivity index (χ0) is 23.9. The molecule has 1 saturated heterocycles. The van der Waals surface area contributed by atoms with E-state index < -0.39 is 0 Å². The molecule has 8 heteroatoms. The lowest BCUT2D eigenvalue weighted by molar-refractivity contribution is 0.0930. The smallest absolute Gasteiger partial charge is 0.251 e. The summed E-state index contributed by atoms with van der Waals surface area (Å²) in [6.45, 7) is 9.05. The van der Waals surface area contributed by atoms with Crippen molar-refractivity contribution in [1.29, 1.82) is 0 Å². The Morgan fingerprint density at radius 1 is 1.06 bits per heavy atom. The van der Waals surface area contributed by atoms with Crippen LogP contribution in [0.5, 0.6) is 0 Å². The molecule has 34 heavy (non-hydrogen) atoms. The number of hydrogen-bond acceptors (Lipinski definition) is 6. The predicted octanol–water partition coefficient (Wildman–Crippen LogP) is 4.31. The molecular formula is C26H29ClN6O. The first-order valence-electron chi connectivity index (χ1n) is 11.6. The maximum absolute atomic E-state index is 12.3. The SMILES string of the molecule is CN1CCN(c2ccc(Nc3ncc(Cl)c(-c4ccc5c(c4)C(C)(C)CNC5=O)n3)cc2)CC1. The summed E-state index contributed by atoms with van der Waals surface area (Å²) < 4.78 is 0. The highest BCUT2D eigenvalue weighted by atomic mass is 35.5. The maximum atomic E-state index is 12.3. The highest BCUT2D eigenvalue weighted by molar-refractivity contribution is 6.32. The summed E-state index contributed by atoms with van der Waals surface area (Å²) in [6.07, 6.45) is 1.61. The second-order valence-electron chi connectivity index (χ2n) is 9.68. The van der Waals surface area contributed by atoms with E-state index in [1.165, 1.54) is 5.69 Å². The molecule has 0 bridgehead atoms. The van der Waals surface area contributed by atoms with Crippen molar-refractivity contribution in [3.05, 3.63) is 64.8 Å². The fraction of sp³-hybridized carbons (Fsp3) is 0.346. The van der Waals surface area contributed by atoms with Gasteiger partial charge in [0.1, 0.15) is 0 Å². The number of halogens is 1. The van der Waals surface area contributed by atoms with Crippen LogP contribution in [0, 0.1) is 0 Å². The zero-order valence-electron chi connectivity index (χ0n) is 19.7. The van der Waals surface area contributed by atoms with Gasteiger partial charge in [0.05, 0.1) is 16.9 Å². The van der Waals surface area contributed by atoms with Crippen LogP contribution in [-0.2, 0) is 5.41 Å². The number of nitrogens with one attached hydrogen (secondary N) is 2. The van der Waals surface area contributed by atoms with E-state index in [4.69, 9.17) is 16.6 Å². The minimum atomic E-state index is -0.175. The molecule has 0 unspecified atom stereocenters. The van der Waals surface area contributed by atoms with Crippen LogP contribution in [0.25, 0.3) is 11.3 Å². The lowest BCUT2D eigenvalue weighted by Gasteiger charge is -2.34. The largest absolute Gasteiger partial charge is 0.369 e. The van der Waals surface area contributed by atoms with E-state index in [0.29, 0.717) is 28.8 Å². The third kappa shape index (κ3) is 4.45. The van der Waals surface area contributed by atoms with E-state index >= 15 is 0 Å². The summed E-state index contributed by atoms with van der Waals surface area (Å²) in [6, 6.07) is 14.1. The van der Waals surface area contributed by atoms with E-state index in [2.05, 4.69) is 58.4 Å². The number of rotatable bonds is 4. The van der Waals surface area contributed by atoms with Gasteiger partial charge < -0.3 is 20.4 Å². The van der Waals surface area contributed by atoms with Crippen molar-refractivity contribution in [2.24, 2.45) is 0 Å². The molecule has 3 aromatic rings. The van der Waals surface area contributed by atoms with Gasteiger partial charge in [-0.15, -0.1) is 0 Å². The lowest BCUT2D eigenvalue weighted by atomic mass is 9.78. The van der Waals surface area contributed by atoms with Gasteiger partial charge in [-0.05, 0) is 49.0 Å². The molecule has 176 valence electrons. The number of nitrogens with zero attached hydrogens (tertiary/aromatic N) is 4. The molecule has 1 amide bonds. The zero-order valence-corrected chi connectivity index (χ0v) is 20.5.